The van der Waals surface area contributed by atoms with Crippen LogP contribution in [-0.2, 0) is 0 Å². The van der Waals surface area contributed by atoms with Crippen LogP contribution in [0.1, 0.15) is 5.56 Å². The van der Waals surface area contributed by atoms with E-state index in [1.807, 2.05) is 6.07 Å². The van der Waals surface area contributed by atoms with Gasteiger partial charge in [0.05, 0.1) is 0 Å². The summed E-state index contributed by atoms with van der Waals surface area (Å²) in [5.74, 6) is 2.02. The van der Waals surface area contributed by atoms with Gasteiger partial charge in [-0.05, 0) is 35.7 Å². The summed E-state index contributed by atoms with van der Waals surface area (Å²) in [6, 6.07) is 23.3. The quantitative estimate of drug-likeness (QED) is 0.436. The van der Waals surface area contributed by atoms with Crippen LogP contribution in [0.5, 0.6) is 11.5 Å². The fraction of sp³-hybridized carbons (Fsp3) is 0.0526. The number of fused-ring (bicyclic) bond motifs is 1. The second-order valence-corrected chi connectivity index (χ2v) is 5.15. The van der Waals surface area contributed by atoms with Gasteiger partial charge in [0.1, 0.15) is 0 Å². The summed E-state index contributed by atoms with van der Waals surface area (Å²) in [5, 5.41) is 0. The largest absolute Gasteiger partial charge is 0.449 e. The number of aryl methyl sites for hydroxylation is 1. The highest BCUT2D eigenvalue weighted by Crippen LogP contribution is 2.55. The topological polar surface area (TPSA) is 12.5 Å². The van der Waals surface area contributed by atoms with Crippen LogP contribution in [0.2, 0.25) is 0 Å². The maximum absolute atomic E-state index is 5.62. The predicted octanol–water partition coefficient (Wildman–Crippen LogP) is 5.43. The Morgan fingerprint density at radius 2 is 1.45 bits per heavy atom. The van der Waals surface area contributed by atoms with Gasteiger partial charge in [0.2, 0.25) is 0 Å². The van der Waals surface area contributed by atoms with E-state index in [2.05, 4.69) is 67.6 Å². The van der Waals surface area contributed by atoms with E-state index >= 15 is 0 Å². The standard InChI is InChI=1S/C19H14O/c1-13-7-9-15(10-8-13)18-16(11-12-17-19(18)20-17)14-5-3-2-4-6-14/h2-12H,1H3. The average Bonchev–Trinajstić information content (AvgIpc) is 3.28. The van der Waals surface area contributed by atoms with Crippen molar-refractivity contribution in [3.8, 4) is 33.8 Å². The van der Waals surface area contributed by atoms with Gasteiger partial charge < -0.3 is 4.74 Å². The Bertz CT molecular complexity index is 771. The molecule has 1 aliphatic heterocycles. The molecule has 0 fully saturated rings. The summed E-state index contributed by atoms with van der Waals surface area (Å²) in [4.78, 5) is 0. The van der Waals surface area contributed by atoms with E-state index in [1.165, 1.54) is 27.8 Å². The van der Waals surface area contributed by atoms with E-state index in [0.717, 1.165) is 11.5 Å². The molecule has 0 aliphatic carbocycles. The minimum Gasteiger partial charge on any atom is -0.449 e. The van der Waals surface area contributed by atoms with E-state index in [4.69, 9.17) is 4.74 Å². The molecule has 0 saturated carbocycles. The molecule has 0 spiro atoms. The first-order valence-electron chi connectivity index (χ1n) is 6.80. The van der Waals surface area contributed by atoms with Crippen LogP contribution >= 0.6 is 0 Å². The summed E-state index contributed by atoms with van der Waals surface area (Å²) in [6.45, 7) is 2.11. The van der Waals surface area contributed by atoms with Gasteiger partial charge in [-0.1, -0.05) is 60.2 Å². The molecule has 0 N–H and O–H groups in total. The molecule has 0 amide bonds. The van der Waals surface area contributed by atoms with Crippen molar-refractivity contribution in [2.24, 2.45) is 0 Å². The molecule has 0 radical (unpaired) electrons. The van der Waals surface area contributed by atoms with Gasteiger partial charge >= 0.3 is 0 Å². The highest BCUT2D eigenvalue weighted by Gasteiger charge is 2.28. The lowest BCUT2D eigenvalue weighted by Gasteiger charge is -2.08. The van der Waals surface area contributed by atoms with Gasteiger partial charge in [-0.15, -0.1) is 0 Å². The molecule has 3 aromatic carbocycles. The van der Waals surface area contributed by atoms with E-state index in [1.54, 1.807) is 0 Å². The van der Waals surface area contributed by atoms with Crippen LogP contribution in [0.3, 0.4) is 0 Å². The lowest BCUT2D eigenvalue weighted by Crippen LogP contribution is -1.83. The number of hydrogen-bond donors (Lipinski definition) is 0. The summed E-state index contributed by atoms with van der Waals surface area (Å²) in [5.41, 5.74) is 6.14. The Hall–Kier alpha value is -2.54. The molecule has 0 saturated heterocycles. The van der Waals surface area contributed by atoms with Gasteiger partial charge in [0, 0.05) is 5.56 Å². The predicted molar refractivity (Wildman–Crippen MR) is 82.1 cm³/mol. The second kappa shape index (κ2) is 4.24. The van der Waals surface area contributed by atoms with Gasteiger partial charge in [0.25, 0.3) is 0 Å². The first-order chi connectivity index (χ1) is 9.83. The van der Waals surface area contributed by atoms with Gasteiger partial charge in [0.15, 0.2) is 11.5 Å². The number of rotatable bonds is 2. The van der Waals surface area contributed by atoms with Crippen molar-refractivity contribution in [1.29, 1.82) is 0 Å². The fourth-order valence-corrected chi connectivity index (χ4v) is 2.60. The maximum atomic E-state index is 5.62. The van der Waals surface area contributed by atoms with Crippen LogP contribution in [0, 0.1) is 6.92 Å². The van der Waals surface area contributed by atoms with Crippen LogP contribution in [0.15, 0.2) is 66.7 Å². The van der Waals surface area contributed by atoms with Gasteiger partial charge in [-0.25, -0.2) is 0 Å². The molecule has 20 heavy (non-hydrogen) atoms. The Morgan fingerprint density at radius 1 is 0.700 bits per heavy atom. The molecular formula is C19H14O. The summed E-state index contributed by atoms with van der Waals surface area (Å²) >= 11 is 0. The zero-order chi connectivity index (χ0) is 13.5. The second-order valence-electron chi connectivity index (χ2n) is 5.15. The normalized spacial score (nSPS) is 11.7. The highest BCUT2D eigenvalue weighted by atomic mass is 16.6. The lowest BCUT2D eigenvalue weighted by atomic mass is 9.94. The van der Waals surface area contributed by atoms with Crippen LogP contribution in [-0.4, -0.2) is 0 Å². The summed E-state index contributed by atoms with van der Waals surface area (Å²) in [7, 11) is 0. The van der Waals surface area contributed by atoms with E-state index in [9.17, 15) is 0 Å². The minimum atomic E-state index is 1.00. The Labute approximate surface area is 118 Å². The lowest BCUT2D eigenvalue weighted by molar-refractivity contribution is 0.651. The molecule has 4 rings (SSSR count). The Balaban J connectivity index is 1.94. The number of ether oxygens (including phenoxy) is 1. The molecule has 1 nitrogen and oxygen atoms in total. The smallest absolute Gasteiger partial charge is 0.178 e. The van der Waals surface area contributed by atoms with E-state index in [0.29, 0.717) is 0 Å². The Morgan fingerprint density at radius 3 is 2.20 bits per heavy atom. The first kappa shape index (κ1) is 11.3. The van der Waals surface area contributed by atoms with Crippen molar-refractivity contribution >= 4 is 0 Å². The molecule has 1 heteroatoms. The van der Waals surface area contributed by atoms with Gasteiger partial charge in [-0.2, -0.15) is 0 Å². The SMILES string of the molecule is Cc1ccc(-c2c(-c3ccccc3)ccc3c2O3)cc1. The van der Waals surface area contributed by atoms with Crippen molar-refractivity contribution in [3.63, 3.8) is 0 Å². The zero-order valence-electron chi connectivity index (χ0n) is 11.3. The van der Waals surface area contributed by atoms with Crippen molar-refractivity contribution in [2.75, 3.05) is 0 Å². The molecule has 0 unspecified atom stereocenters. The monoisotopic (exact) mass is 258 g/mol. The van der Waals surface area contributed by atoms with Crippen molar-refractivity contribution in [1.82, 2.24) is 0 Å². The molecule has 0 bridgehead atoms. The average molecular weight is 258 g/mol. The molecule has 1 heterocycles. The van der Waals surface area contributed by atoms with E-state index in [-0.39, 0.29) is 0 Å². The summed E-state index contributed by atoms with van der Waals surface area (Å²) in [6.07, 6.45) is 0. The third-order valence-electron chi connectivity index (χ3n) is 3.72. The molecule has 3 aromatic rings. The Kier molecular flexibility index (Phi) is 2.40. The summed E-state index contributed by atoms with van der Waals surface area (Å²) < 4.78 is 5.62. The number of hydrogen-bond acceptors (Lipinski definition) is 1. The molecule has 0 aromatic heterocycles. The highest BCUT2D eigenvalue weighted by molar-refractivity contribution is 5.92. The maximum Gasteiger partial charge on any atom is 0.178 e. The van der Waals surface area contributed by atoms with Crippen molar-refractivity contribution in [3.05, 3.63) is 72.3 Å². The van der Waals surface area contributed by atoms with Crippen molar-refractivity contribution in [2.45, 2.75) is 6.92 Å². The van der Waals surface area contributed by atoms with E-state index < -0.39 is 0 Å². The zero-order valence-corrected chi connectivity index (χ0v) is 11.3. The first-order valence-corrected chi connectivity index (χ1v) is 6.80. The third kappa shape index (κ3) is 1.79. The van der Waals surface area contributed by atoms with Crippen LogP contribution in [0.25, 0.3) is 22.3 Å². The van der Waals surface area contributed by atoms with Crippen LogP contribution in [0.4, 0.5) is 0 Å². The molecule has 96 valence electrons. The van der Waals surface area contributed by atoms with Crippen LogP contribution < -0.4 is 4.74 Å². The fourth-order valence-electron chi connectivity index (χ4n) is 2.60. The molecule has 1 aliphatic rings. The molecule has 0 atom stereocenters. The molecular weight excluding hydrogens is 244 g/mol. The van der Waals surface area contributed by atoms with Crippen molar-refractivity contribution < 1.29 is 4.74 Å². The third-order valence-corrected chi connectivity index (χ3v) is 3.72. The minimum absolute atomic E-state index is 1.00. The number of benzene rings is 3. The van der Waals surface area contributed by atoms with Gasteiger partial charge in [-0.3, -0.25) is 0 Å².